The molecule has 8 heteroatoms. The van der Waals surface area contributed by atoms with Crippen LogP contribution in [0.4, 0.5) is 10.2 Å². The molecule has 3 aromatic rings. The highest BCUT2D eigenvalue weighted by Crippen LogP contribution is 2.25. The lowest BCUT2D eigenvalue weighted by Gasteiger charge is -2.14. The zero-order chi connectivity index (χ0) is 23.2. The van der Waals surface area contributed by atoms with Crippen LogP contribution in [0.15, 0.2) is 78.1 Å². The highest BCUT2D eigenvalue weighted by atomic mass is 35.5. The summed E-state index contributed by atoms with van der Waals surface area (Å²) in [6.45, 7) is 7.40. The smallest absolute Gasteiger partial charge is 0.158 e. The van der Waals surface area contributed by atoms with Gasteiger partial charge in [0.15, 0.2) is 5.82 Å². The predicted molar refractivity (Wildman–Crippen MR) is 128 cm³/mol. The van der Waals surface area contributed by atoms with E-state index < -0.39 is 0 Å². The fraction of sp³-hybridized carbons (Fsp3) is 0.280. The first kappa shape index (κ1) is 23.0. The molecule has 0 spiro atoms. The summed E-state index contributed by atoms with van der Waals surface area (Å²) in [4.78, 5) is 8.82. The fourth-order valence-electron chi connectivity index (χ4n) is 3.78. The second kappa shape index (κ2) is 10.6. The molecule has 1 atom stereocenters. The molecule has 1 aromatic carbocycles. The lowest BCUT2D eigenvalue weighted by Crippen LogP contribution is -2.15. The molecule has 4 rings (SSSR count). The van der Waals surface area contributed by atoms with Crippen LogP contribution in [0.3, 0.4) is 0 Å². The molecule has 1 saturated heterocycles. The van der Waals surface area contributed by atoms with Gasteiger partial charge in [0.25, 0.3) is 0 Å². The van der Waals surface area contributed by atoms with Crippen molar-refractivity contribution in [3.05, 3.63) is 89.5 Å². The Balaban J connectivity index is 1.51. The number of aromatic nitrogens is 3. The number of benzene rings is 1. The summed E-state index contributed by atoms with van der Waals surface area (Å²) in [6.07, 6.45) is 9.15. The van der Waals surface area contributed by atoms with Crippen LogP contribution in [-0.4, -0.2) is 27.2 Å². The normalized spacial score (nSPS) is 17.2. The number of rotatable bonds is 9. The Bertz CT molecular complexity index is 1200. The molecule has 172 valence electrons. The fourth-order valence-corrected chi connectivity index (χ4v) is 4.08. The Labute approximate surface area is 197 Å². The van der Waals surface area contributed by atoms with Crippen LogP contribution in [0, 0.1) is 5.82 Å². The van der Waals surface area contributed by atoms with Crippen molar-refractivity contribution in [1.29, 1.82) is 0 Å². The number of hydrogen-bond acceptors (Lipinski definition) is 5. The second-order valence-corrected chi connectivity index (χ2v) is 8.25. The molecule has 6 nitrogen and oxygen atoms in total. The lowest BCUT2D eigenvalue weighted by molar-refractivity contribution is 0.0980. The Kier molecular flexibility index (Phi) is 7.42. The minimum atomic E-state index is -0.313. The van der Waals surface area contributed by atoms with Gasteiger partial charge in [0.05, 0.1) is 16.7 Å². The van der Waals surface area contributed by atoms with Crippen LogP contribution in [0.5, 0.6) is 0 Å². The Morgan fingerprint density at radius 1 is 1.39 bits per heavy atom. The highest BCUT2D eigenvalue weighted by molar-refractivity contribution is 6.31. The molecule has 0 amide bonds. The van der Waals surface area contributed by atoms with E-state index in [0.29, 0.717) is 22.2 Å². The number of nitrogens with one attached hydrogen (secondary N) is 1. The van der Waals surface area contributed by atoms with Gasteiger partial charge in [-0.1, -0.05) is 30.3 Å². The summed E-state index contributed by atoms with van der Waals surface area (Å²) in [5, 5.41) is 3.68. The first-order valence-electron chi connectivity index (χ1n) is 10.8. The van der Waals surface area contributed by atoms with Gasteiger partial charge < -0.3 is 19.4 Å². The molecule has 1 aliphatic rings. The summed E-state index contributed by atoms with van der Waals surface area (Å²) in [5.74, 6) is 0.769. The second-order valence-electron chi connectivity index (χ2n) is 7.85. The van der Waals surface area contributed by atoms with Crippen LogP contribution in [0.25, 0.3) is 11.0 Å². The minimum Gasteiger partial charge on any atom is -0.487 e. The van der Waals surface area contributed by atoms with Gasteiger partial charge in [-0.2, -0.15) is 0 Å². The molecule has 1 N–H and O–H groups in total. The van der Waals surface area contributed by atoms with Crippen molar-refractivity contribution in [2.24, 2.45) is 0 Å². The molecule has 1 aliphatic heterocycles. The highest BCUT2D eigenvalue weighted by Gasteiger charge is 2.18. The number of halogens is 2. The topological polar surface area (TPSA) is 61.2 Å². The van der Waals surface area contributed by atoms with E-state index in [-0.39, 0.29) is 18.5 Å². The van der Waals surface area contributed by atoms with Crippen molar-refractivity contribution in [2.75, 3.05) is 11.9 Å². The molecule has 0 bridgehead atoms. The Morgan fingerprint density at radius 2 is 2.27 bits per heavy atom. The zero-order valence-electron chi connectivity index (χ0n) is 18.4. The Morgan fingerprint density at radius 3 is 3.03 bits per heavy atom. The quantitative estimate of drug-likeness (QED) is 0.312. The zero-order valence-corrected chi connectivity index (χ0v) is 19.2. The summed E-state index contributed by atoms with van der Waals surface area (Å²) in [5.41, 5.74) is 3.23. The number of allylic oxidation sites excluding steroid dienone is 4. The molecule has 0 radical (unpaired) electrons. The van der Waals surface area contributed by atoms with Crippen molar-refractivity contribution in [1.82, 2.24) is 14.5 Å². The molecular formula is C25H26ClFN4O2. The molecule has 3 heterocycles. The number of ether oxygens (including phenoxy) is 2. The number of nitrogens with zero attached hydrogens (tertiary/aromatic N) is 3. The van der Waals surface area contributed by atoms with E-state index in [2.05, 4.69) is 26.4 Å². The SMILES string of the molecule is C=C/C(OCc1cccc(F)c1)=C(Cl)\C=C(/C)Nc1ncnc2ccn(CC3CCCO3)c12. The third-order valence-electron chi connectivity index (χ3n) is 5.34. The Hall–Kier alpha value is -3.16. The maximum atomic E-state index is 13.4. The van der Waals surface area contributed by atoms with Gasteiger partial charge in [-0.05, 0) is 55.7 Å². The molecule has 2 aromatic heterocycles. The third-order valence-corrected chi connectivity index (χ3v) is 5.63. The summed E-state index contributed by atoms with van der Waals surface area (Å²) >= 11 is 6.49. The van der Waals surface area contributed by atoms with Gasteiger partial charge in [0, 0.05) is 25.0 Å². The van der Waals surface area contributed by atoms with Gasteiger partial charge in [0.2, 0.25) is 0 Å². The number of fused-ring (bicyclic) bond motifs is 1. The van der Waals surface area contributed by atoms with Crippen molar-refractivity contribution < 1.29 is 13.9 Å². The molecule has 1 unspecified atom stereocenters. The van der Waals surface area contributed by atoms with Gasteiger partial charge in [-0.15, -0.1) is 0 Å². The summed E-state index contributed by atoms with van der Waals surface area (Å²) in [6, 6.07) is 8.20. The van der Waals surface area contributed by atoms with E-state index >= 15 is 0 Å². The molecule has 1 fully saturated rings. The maximum absolute atomic E-state index is 13.4. The third kappa shape index (κ3) is 5.80. The van der Waals surface area contributed by atoms with E-state index in [1.54, 1.807) is 18.2 Å². The average Bonchev–Trinajstić information content (AvgIpc) is 3.45. The van der Waals surface area contributed by atoms with Crippen LogP contribution in [-0.2, 0) is 22.6 Å². The van der Waals surface area contributed by atoms with E-state index in [1.165, 1.54) is 24.5 Å². The van der Waals surface area contributed by atoms with Crippen molar-refractivity contribution in [3.63, 3.8) is 0 Å². The minimum absolute atomic E-state index is 0.179. The maximum Gasteiger partial charge on any atom is 0.158 e. The van der Waals surface area contributed by atoms with E-state index in [1.807, 2.05) is 19.2 Å². The molecule has 33 heavy (non-hydrogen) atoms. The molecule has 0 aliphatic carbocycles. The van der Waals surface area contributed by atoms with Crippen LogP contribution < -0.4 is 5.32 Å². The predicted octanol–water partition coefficient (Wildman–Crippen LogP) is 5.92. The van der Waals surface area contributed by atoms with Crippen molar-refractivity contribution in [2.45, 2.75) is 39.0 Å². The van der Waals surface area contributed by atoms with E-state index in [4.69, 9.17) is 21.1 Å². The number of anilines is 1. The molecular weight excluding hydrogens is 443 g/mol. The van der Waals surface area contributed by atoms with Crippen molar-refractivity contribution >= 4 is 28.5 Å². The van der Waals surface area contributed by atoms with E-state index in [9.17, 15) is 4.39 Å². The van der Waals surface area contributed by atoms with Crippen LogP contribution in [0.2, 0.25) is 0 Å². The summed E-state index contributed by atoms with van der Waals surface area (Å²) < 4.78 is 27.0. The standard InChI is InChI=1S/C25H26ClFN4O2/c1-3-23(33-15-18-6-4-7-19(27)13-18)21(26)12-17(2)30-25-24-22(28-16-29-25)9-10-31(24)14-20-8-5-11-32-20/h3-4,6-7,9-10,12-13,16,20H,1,5,8,11,14-15H2,2H3,(H,28,29,30)/b17-12+,23-21-. The summed E-state index contributed by atoms with van der Waals surface area (Å²) in [7, 11) is 0. The van der Waals surface area contributed by atoms with Crippen LogP contribution >= 0.6 is 11.6 Å². The van der Waals surface area contributed by atoms with Gasteiger partial charge >= 0.3 is 0 Å². The van der Waals surface area contributed by atoms with Crippen molar-refractivity contribution in [3.8, 4) is 0 Å². The monoisotopic (exact) mass is 468 g/mol. The molecule has 0 saturated carbocycles. The first-order chi connectivity index (χ1) is 16.0. The largest absolute Gasteiger partial charge is 0.487 e. The lowest BCUT2D eigenvalue weighted by atomic mass is 10.2. The van der Waals surface area contributed by atoms with E-state index in [0.717, 1.165) is 42.7 Å². The van der Waals surface area contributed by atoms with Gasteiger partial charge in [-0.3, -0.25) is 0 Å². The first-order valence-corrected chi connectivity index (χ1v) is 11.2. The average molecular weight is 469 g/mol. The van der Waals surface area contributed by atoms with Gasteiger partial charge in [-0.25, -0.2) is 14.4 Å². The van der Waals surface area contributed by atoms with Crippen LogP contribution in [0.1, 0.15) is 25.3 Å². The number of hydrogen-bond donors (Lipinski definition) is 1. The van der Waals surface area contributed by atoms with Gasteiger partial charge in [0.1, 0.15) is 30.0 Å².